The van der Waals surface area contributed by atoms with Crippen LogP contribution < -0.4 is 10.5 Å². The topological polar surface area (TPSA) is 72.2 Å². The van der Waals surface area contributed by atoms with Gasteiger partial charge in [-0.15, -0.1) is 12.4 Å². The zero-order chi connectivity index (χ0) is 11.5. The number of nitrogens with two attached hydrogens (primary N) is 1. The number of halogens is 3. The van der Waals surface area contributed by atoms with E-state index in [1.54, 1.807) is 0 Å². The van der Waals surface area contributed by atoms with Gasteiger partial charge < -0.3 is 5.73 Å². The Hall–Kier alpha value is -0.400. The van der Waals surface area contributed by atoms with E-state index in [0.29, 0.717) is 0 Å². The highest BCUT2D eigenvalue weighted by Crippen LogP contribution is 2.21. The number of benzene rings is 1. The summed E-state index contributed by atoms with van der Waals surface area (Å²) in [7, 11) is -3.87. The Morgan fingerprint density at radius 1 is 1.44 bits per heavy atom. The summed E-state index contributed by atoms with van der Waals surface area (Å²) in [4.78, 5) is -0.469. The van der Waals surface area contributed by atoms with Crippen LogP contribution in [0.2, 0.25) is 5.02 Å². The molecule has 0 saturated carbocycles. The van der Waals surface area contributed by atoms with Gasteiger partial charge in [0, 0.05) is 13.1 Å². The van der Waals surface area contributed by atoms with Crippen molar-refractivity contribution in [2.75, 3.05) is 13.1 Å². The molecular weight excluding hydrogens is 278 g/mol. The predicted octanol–water partition coefficient (Wildman–Crippen LogP) is 1.14. The van der Waals surface area contributed by atoms with Gasteiger partial charge >= 0.3 is 0 Å². The van der Waals surface area contributed by atoms with E-state index in [1.807, 2.05) is 0 Å². The fourth-order valence-electron chi connectivity index (χ4n) is 0.963. The molecule has 92 valence electrons. The lowest BCUT2D eigenvalue weighted by Gasteiger charge is -2.06. The molecule has 0 radical (unpaired) electrons. The Kier molecular flexibility index (Phi) is 6.20. The SMILES string of the molecule is Cl.NCCNS(=O)(=O)c1cccc(Cl)c1F. The first kappa shape index (κ1) is 15.6. The minimum absolute atomic E-state index is 0. The molecule has 0 bridgehead atoms. The van der Waals surface area contributed by atoms with Gasteiger partial charge in [0.1, 0.15) is 4.90 Å². The van der Waals surface area contributed by atoms with Crippen LogP contribution in [-0.4, -0.2) is 21.5 Å². The van der Waals surface area contributed by atoms with Crippen LogP contribution in [0.4, 0.5) is 4.39 Å². The van der Waals surface area contributed by atoms with Crippen LogP contribution >= 0.6 is 24.0 Å². The van der Waals surface area contributed by atoms with Gasteiger partial charge in [-0.2, -0.15) is 0 Å². The lowest BCUT2D eigenvalue weighted by Crippen LogP contribution is -2.29. The number of nitrogens with one attached hydrogen (secondary N) is 1. The van der Waals surface area contributed by atoms with Crippen molar-refractivity contribution in [2.24, 2.45) is 5.73 Å². The van der Waals surface area contributed by atoms with E-state index in [1.165, 1.54) is 12.1 Å². The van der Waals surface area contributed by atoms with E-state index in [2.05, 4.69) is 4.72 Å². The van der Waals surface area contributed by atoms with Gasteiger partial charge in [-0.1, -0.05) is 17.7 Å². The van der Waals surface area contributed by atoms with Crippen LogP contribution in [0.5, 0.6) is 0 Å². The lowest BCUT2D eigenvalue weighted by molar-refractivity contribution is 0.557. The van der Waals surface area contributed by atoms with Gasteiger partial charge in [-0.25, -0.2) is 17.5 Å². The van der Waals surface area contributed by atoms with Crippen molar-refractivity contribution in [3.63, 3.8) is 0 Å². The van der Waals surface area contributed by atoms with Crippen molar-refractivity contribution < 1.29 is 12.8 Å². The van der Waals surface area contributed by atoms with Crippen molar-refractivity contribution in [1.29, 1.82) is 0 Å². The van der Waals surface area contributed by atoms with Crippen LogP contribution in [0.25, 0.3) is 0 Å². The minimum atomic E-state index is -3.87. The van der Waals surface area contributed by atoms with E-state index in [4.69, 9.17) is 17.3 Å². The molecule has 0 heterocycles. The molecule has 0 spiro atoms. The molecule has 0 fully saturated rings. The van der Waals surface area contributed by atoms with Gasteiger partial charge in [0.15, 0.2) is 5.82 Å². The average molecular weight is 289 g/mol. The molecule has 0 aliphatic carbocycles. The summed E-state index contributed by atoms with van der Waals surface area (Å²) in [5.74, 6) is -0.955. The maximum Gasteiger partial charge on any atom is 0.243 e. The van der Waals surface area contributed by atoms with E-state index in [-0.39, 0.29) is 30.5 Å². The second-order valence-corrected chi connectivity index (χ2v) is 4.88. The Morgan fingerprint density at radius 2 is 2.06 bits per heavy atom. The van der Waals surface area contributed by atoms with Crippen molar-refractivity contribution in [1.82, 2.24) is 4.72 Å². The molecule has 1 aromatic rings. The van der Waals surface area contributed by atoms with Gasteiger partial charge in [-0.05, 0) is 12.1 Å². The Balaban J connectivity index is 0.00000225. The van der Waals surface area contributed by atoms with Gasteiger partial charge in [0.25, 0.3) is 0 Å². The molecule has 8 heteroatoms. The van der Waals surface area contributed by atoms with E-state index < -0.39 is 20.7 Å². The average Bonchev–Trinajstić information content (AvgIpc) is 2.19. The van der Waals surface area contributed by atoms with Crippen LogP contribution in [0, 0.1) is 5.82 Å². The number of hydrogen-bond donors (Lipinski definition) is 2. The van der Waals surface area contributed by atoms with E-state index >= 15 is 0 Å². The molecular formula is C8H11Cl2FN2O2S. The Morgan fingerprint density at radius 3 is 2.62 bits per heavy atom. The predicted molar refractivity (Wildman–Crippen MR) is 62.9 cm³/mol. The quantitative estimate of drug-likeness (QED) is 0.873. The third kappa shape index (κ3) is 3.57. The van der Waals surface area contributed by atoms with Crippen LogP contribution in [0.1, 0.15) is 0 Å². The molecule has 0 aliphatic rings. The fourth-order valence-corrected chi connectivity index (χ4v) is 2.34. The standard InChI is InChI=1S/C8H10ClFN2O2S.ClH/c9-6-2-1-3-7(8(6)10)15(13,14)12-5-4-11;/h1-3,12H,4-5,11H2;1H. The molecule has 0 atom stereocenters. The Bertz CT molecular complexity index is 453. The number of sulfonamides is 1. The molecule has 1 rings (SSSR count). The van der Waals surface area contributed by atoms with Crippen molar-refractivity contribution >= 4 is 34.0 Å². The summed E-state index contributed by atoms with van der Waals surface area (Å²) in [5, 5.41) is -0.231. The molecule has 0 saturated heterocycles. The zero-order valence-corrected chi connectivity index (χ0v) is 10.5. The molecule has 16 heavy (non-hydrogen) atoms. The molecule has 0 aliphatic heterocycles. The summed E-state index contributed by atoms with van der Waals surface area (Å²) in [5.41, 5.74) is 5.13. The lowest BCUT2D eigenvalue weighted by atomic mass is 10.3. The maximum atomic E-state index is 13.3. The molecule has 0 aromatic heterocycles. The van der Waals surface area contributed by atoms with Crippen molar-refractivity contribution in [3.05, 3.63) is 29.0 Å². The first-order valence-electron chi connectivity index (χ1n) is 4.13. The van der Waals surface area contributed by atoms with Gasteiger partial charge in [0.05, 0.1) is 5.02 Å². The molecule has 4 nitrogen and oxygen atoms in total. The highest BCUT2D eigenvalue weighted by Gasteiger charge is 2.19. The third-order valence-electron chi connectivity index (χ3n) is 1.64. The van der Waals surface area contributed by atoms with E-state index in [9.17, 15) is 12.8 Å². The summed E-state index contributed by atoms with van der Waals surface area (Å²) < 4.78 is 38.5. The highest BCUT2D eigenvalue weighted by atomic mass is 35.5. The smallest absolute Gasteiger partial charge is 0.243 e. The molecule has 0 amide bonds. The normalized spacial score (nSPS) is 10.9. The largest absolute Gasteiger partial charge is 0.329 e. The molecule has 3 N–H and O–H groups in total. The molecule has 0 unspecified atom stereocenters. The van der Waals surface area contributed by atoms with Crippen molar-refractivity contribution in [2.45, 2.75) is 4.90 Å². The second kappa shape index (κ2) is 6.36. The molecule has 1 aromatic carbocycles. The Labute approximate surface area is 104 Å². The third-order valence-corrected chi connectivity index (χ3v) is 3.41. The van der Waals surface area contributed by atoms with Crippen LogP contribution in [0.3, 0.4) is 0 Å². The first-order valence-corrected chi connectivity index (χ1v) is 5.99. The van der Waals surface area contributed by atoms with Gasteiger partial charge in [-0.3, -0.25) is 0 Å². The second-order valence-electron chi connectivity index (χ2n) is 2.74. The van der Waals surface area contributed by atoms with Gasteiger partial charge in [0.2, 0.25) is 10.0 Å². The monoisotopic (exact) mass is 288 g/mol. The van der Waals surface area contributed by atoms with Crippen LogP contribution in [-0.2, 0) is 10.0 Å². The van der Waals surface area contributed by atoms with Crippen LogP contribution in [0.15, 0.2) is 23.1 Å². The number of rotatable bonds is 4. The highest BCUT2D eigenvalue weighted by molar-refractivity contribution is 7.89. The maximum absolute atomic E-state index is 13.3. The zero-order valence-electron chi connectivity index (χ0n) is 8.11. The minimum Gasteiger partial charge on any atom is -0.329 e. The fraction of sp³-hybridized carbons (Fsp3) is 0.250. The van der Waals surface area contributed by atoms with E-state index in [0.717, 1.165) is 6.07 Å². The number of hydrogen-bond acceptors (Lipinski definition) is 3. The van der Waals surface area contributed by atoms with Crippen molar-refractivity contribution in [3.8, 4) is 0 Å². The summed E-state index contributed by atoms with van der Waals surface area (Å²) in [6.45, 7) is 0.190. The summed E-state index contributed by atoms with van der Waals surface area (Å²) in [6.07, 6.45) is 0. The summed E-state index contributed by atoms with van der Waals surface area (Å²) in [6, 6.07) is 3.78. The first-order chi connectivity index (χ1) is 6.99. The summed E-state index contributed by atoms with van der Waals surface area (Å²) >= 11 is 5.46.